The van der Waals surface area contributed by atoms with Crippen LogP contribution in [0.5, 0.6) is 5.75 Å². The van der Waals surface area contributed by atoms with Crippen LogP contribution in [0.15, 0.2) is 24.3 Å². The first kappa shape index (κ1) is 12.7. The molecule has 0 amide bonds. The van der Waals surface area contributed by atoms with E-state index in [-0.39, 0.29) is 18.3 Å². The van der Waals surface area contributed by atoms with E-state index in [0.717, 1.165) is 12.1 Å². The molecule has 1 aliphatic rings. The van der Waals surface area contributed by atoms with Gasteiger partial charge in [-0.3, -0.25) is 4.79 Å². The van der Waals surface area contributed by atoms with Crippen LogP contribution in [0.1, 0.15) is 12.0 Å². The average Bonchev–Trinajstić information content (AvgIpc) is 3.05. The number of aliphatic carboxylic acids is 1. The number of hydrogen-bond donors (Lipinski definition) is 1. The normalized spacial score (nSPS) is 22.6. The van der Waals surface area contributed by atoms with Crippen LogP contribution < -0.4 is 4.74 Å². The van der Waals surface area contributed by atoms with Crippen LogP contribution in [0.25, 0.3) is 0 Å². The quantitative estimate of drug-likeness (QED) is 0.905. The van der Waals surface area contributed by atoms with Crippen LogP contribution in [0.4, 0.5) is 13.2 Å². The van der Waals surface area contributed by atoms with E-state index >= 15 is 0 Å². The fourth-order valence-electron chi connectivity index (χ4n) is 1.70. The zero-order valence-corrected chi connectivity index (χ0v) is 9.28. The summed E-state index contributed by atoms with van der Waals surface area (Å²) in [6.07, 6.45) is -3.88. The number of hydrogen-bond acceptors (Lipinski definition) is 2. The molecule has 98 valence electrons. The predicted octanol–water partition coefficient (Wildman–Crippen LogP) is 2.80. The molecule has 1 saturated carbocycles. The summed E-state index contributed by atoms with van der Waals surface area (Å²) < 4.78 is 42.4. The zero-order chi connectivity index (χ0) is 13.3. The number of ether oxygens (including phenoxy) is 1. The Labute approximate surface area is 101 Å². The molecule has 1 fully saturated rings. The van der Waals surface area contributed by atoms with Crippen molar-refractivity contribution in [3.63, 3.8) is 0 Å². The highest BCUT2D eigenvalue weighted by Crippen LogP contribution is 2.39. The van der Waals surface area contributed by atoms with Gasteiger partial charge < -0.3 is 9.84 Å². The second-order valence-corrected chi connectivity index (χ2v) is 4.28. The Morgan fingerprint density at radius 3 is 2.72 bits per heavy atom. The number of benzene rings is 1. The fourth-order valence-corrected chi connectivity index (χ4v) is 1.70. The van der Waals surface area contributed by atoms with E-state index in [9.17, 15) is 18.0 Å². The van der Waals surface area contributed by atoms with Gasteiger partial charge in [0.1, 0.15) is 5.75 Å². The zero-order valence-electron chi connectivity index (χ0n) is 9.28. The Hall–Kier alpha value is -1.72. The van der Waals surface area contributed by atoms with Crippen molar-refractivity contribution in [3.05, 3.63) is 29.8 Å². The third-order valence-corrected chi connectivity index (χ3v) is 2.87. The molecular weight excluding hydrogens is 249 g/mol. The summed E-state index contributed by atoms with van der Waals surface area (Å²) >= 11 is 0. The maximum absolute atomic E-state index is 12.4. The Morgan fingerprint density at radius 2 is 2.17 bits per heavy atom. The van der Waals surface area contributed by atoms with Gasteiger partial charge in [-0.15, -0.1) is 0 Å². The van der Waals surface area contributed by atoms with Crippen molar-refractivity contribution in [2.75, 3.05) is 6.61 Å². The molecule has 0 unspecified atom stereocenters. The number of carboxylic acids is 1. The number of halogens is 3. The molecule has 3 nitrogen and oxygen atoms in total. The first-order chi connectivity index (χ1) is 8.38. The topological polar surface area (TPSA) is 46.5 Å². The van der Waals surface area contributed by atoms with E-state index < -0.39 is 23.6 Å². The van der Waals surface area contributed by atoms with Gasteiger partial charge in [0, 0.05) is 5.92 Å². The molecule has 6 heteroatoms. The summed E-state index contributed by atoms with van der Waals surface area (Å²) in [6, 6.07) is 4.56. The summed E-state index contributed by atoms with van der Waals surface area (Å²) in [5.74, 6) is -1.29. The van der Waals surface area contributed by atoms with E-state index in [1.165, 1.54) is 12.1 Å². The summed E-state index contributed by atoms with van der Waals surface area (Å²) in [5, 5.41) is 8.67. The van der Waals surface area contributed by atoms with Crippen molar-refractivity contribution in [3.8, 4) is 5.75 Å². The maximum atomic E-state index is 12.4. The highest BCUT2D eigenvalue weighted by molar-refractivity contribution is 5.73. The first-order valence-corrected chi connectivity index (χ1v) is 5.41. The molecule has 0 saturated heterocycles. The largest absolute Gasteiger partial charge is 0.493 e. The van der Waals surface area contributed by atoms with E-state index in [4.69, 9.17) is 9.84 Å². The number of carbonyl (C=O) groups is 1. The molecule has 2 atom stereocenters. The highest BCUT2D eigenvalue weighted by Gasteiger charge is 2.43. The van der Waals surface area contributed by atoms with Gasteiger partial charge in [0.2, 0.25) is 0 Å². The van der Waals surface area contributed by atoms with Gasteiger partial charge in [-0.05, 0) is 24.6 Å². The van der Waals surface area contributed by atoms with Crippen molar-refractivity contribution in [1.29, 1.82) is 0 Å². The molecule has 0 aliphatic heterocycles. The summed E-state index contributed by atoms with van der Waals surface area (Å²) in [6.45, 7) is 0.137. The summed E-state index contributed by atoms with van der Waals surface area (Å²) in [5.41, 5.74) is -0.773. The lowest BCUT2D eigenvalue weighted by molar-refractivity contribution is -0.139. The predicted molar refractivity (Wildman–Crippen MR) is 56.2 cm³/mol. The highest BCUT2D eigenvalue weighted by atomic mass is 19.4. The monoisotopic (exact) mass is 260 g/mol. The van der Waals surface area contributed by atoms with Crippen LogP contribution in [-0.2, 0) is 11.0 Å². The van der Waals surface area contributed by atoms with Crippen LogP contribution in [0, 0.1) is 11.8 Å². The Bertz CT molecular complexity index is 456. The lowest BCUT2D eigenvalue weighted by Crippen LogP contribution is -2.08. The molecule has 2 rings (SSSR count). The minimum atomic E-state index is -4.40. The Morgan fingerprint density at radius 1 is 1.44 bits per heavy atom. The van der Waals surface area contributed by atoms with Crippen LogP contribution >= 0.6 is 0 Å². The molecule has 0 aromatic heterocycles. The van der Waals surface area contributed by atoms with Crippen LogP contribution in [-0.4, -0.2) is 17.7 Å². The molecule has 0 spiro atoms. The van der Waals surface area contributed by atoms with Crippen molar-refractivity contribution in [1.82, 2.24) is 0 Å². The van der Waals surface area contributed by atoms with Crippen molar-refractivity contribution < 1.29 is 27.8 Å². The van der Waals surface area contributed by atoms with Gasteiger partial charge in [0.25, 0.3) is 0 Å². The van der Waals surface area contributed by atoms with Gasteiger partial charge in [-0.25, -0.2) is 0 Å². The summed E-state index contributed by atoms with van der Waals surface area (Å²) in [4.78, 5) is 10.6. The standard InChI is InChI=1S/C12H11F3O3/c13-12(14,15)8-2-1-3-9(5-8)18-6-7-4-10(7)11(16)17/h1-3,5,7,10H,4,6H2,(H,16,17)/t7-,10+/m0/s1. The second kappa shape index (κ2) is 4.51. The molecule has 1 aliphatic carbocycles. The third kappa shape index (κ3) is 2.94. The lowest BCUT2D eigenvalue weighted by Gasteiger charge is -2.09. The summed E-state index contributed by atoms with van der Waals surface area (Å²) in [7, 11) is 0. The minimum absolute atomic E-state index is 0.1000. The molecule has 0 radical (unpaired) electrons. The van der Waals surface area contributed by atoms with E-state index in [2.05, 4.69) is 0 Å². The third-order valence-electron chi connectivity index (χ3n) is 2.87. The Balaban J connectivity index is 1.93. The number of rotatable bonds is 4. The number of alkyl halides is 3. The van der Waals surface area contributed by atoms with Crippen molar-refractivity contribution in [2.24, 2.45) is 11.8 Å². The minimum Gasteiger partial charge on any atom is -0.493 e. The second-order valence-electron chi connectivity index (χ2n) is 4.28. The molecule has 0 heterocycles. The molecule has 0 bridgehead atoms. The van der Waals surface area contributed by atoms with E-state index in [1.54, 1.807) is 0 Å². The fraction of sp³-hybridized carbons (Fsp3) is 0.417. The maximum Gasteiger partial charge on any atom is 0.416 e. The van der Waals surface area contributed by atoms with Crippen LogP contribution in [0.3, 0.4) is 0 Å². The molecule has 1 N–H and O–H groups in total. The molecule has 1 aromatic rings. The van der Waals surface area contributed by atoms with Gasteiger partial charge in [0.05, 0.1) is 18.1 Å². The van der Waals surface area contributed by atoms with E-state index in [0.29, 0.717) is 6.42 Å². The van der Waals surface area contributed by atoms with Gasteiger partial charge in [0.15, 0.2) is 0 Å². The van der Waals surface area contributed by atoms with Crippen molar-refractivity contribution in [2.45, 2.75) is 12.6 Å². The number of carboxylic acid groups (broad SMARTS) is 1. The van der Waals surface area contributed by atoms with Gasteiger partial charge >= 0.3 is 12.1 Å². The van der Waals surface area contributed by atoms with Gasteiger partial charge in [-0.1, -0.05) is 6.07 Å². The van der Waals surface area contributed by atoms with Crippen LogP contribution in [0.2, 0.25) is 0 Å². The molecular formula is C12H11F3O3. The van der Waals surface area contributed by atoms with Gasteiger partial charge in [-0.2, -0.15) is 13.2 Å². The smallest absolute Gasteiger partial charge is 0.416 e. The Kier molecular flexibility index (Phi) is 3.19. The molecule has 1 aromatic carbocycles. The average molecular weight is 260 g/mol. The molecule has 18 heavy (non-hydrogen) atoms. The lowest BCUT2D eigenvalue weighted by atomic mass is 10.2. The van der Waals surface area contributed by atoms with E-state index in [1.807, 2.05) is 0 Å². The first-order valence-electron chi connectivity index (χ1n) is 5.41. The van der Waals surface area contributed by atoms with Crippen molar-refractivity contribution >= 4 is 5.97 Å². The SMILES string of the molecule is O=C(O)[C@@H]1C[C@H]1COc1cccc(C(F)(F)F)c1.